The highest BCUT2D eigenvalue weighted by Crippen LogP contribution is 2.33. The van der Waals surface area contributed by atoms with Crippen molar-refractivity contribution in [2.24, 2.45) is 0 Å². The average molecular weight is 343 g/mol. The summed E-state index contributed by atoms with van der Waals surface area (Å²) in [5, 5.41) is 12.4. The van der Waals surface area contributed by atoms with Crippen molar-refractivity contribution in [2.45, 2.75) is 44.2 Å². The van der Waals surface area contributed by atoms with E-state index in [2.05, 4.69) is 16.3 Å². The first-order valence-corrected chi connectivity index (χ1v) is 8.77. The van der Waals surface area contributed by atoms with E-state index in [1.165, 1.54) is 5.56 Å². The summed E-state index contributed by atoms with van der Waals surface area (Å²) in [5.41, 5.74) is 1.74. The van der Waals surface area contributed by atoms with Gasteiger partial charge in [-0.2, -0.15) is 5.26 Å². The normalized spacial score (nSPS) is 18.9. The summed E-state index contributed by atoms with van der Waals surface area (Å²) in [7, 11) is 3.26. The van der Waals surface area contributed by atoms with Gasteiger partial charge in [-0.15, -0.1) is 0 Å². The average Bonchev–Trinajstić information content (AvgIpc) is 3.09. The fourth-order valence-electron chi connectivity index (χ4n) is 3.83. The minimum absolute atomic E-state index is 0.0626. The van der Waals surface area contributed by atoms with Gasteiger partial charge >= 0.3 is 0 Å². The van der Waals surface area contributed by atoms with Crippen LogP contribution in [0, 0.1) is 11.3 Å². The maximum absolute atomic E-state index is 12.4. The molecule has 0 atom stereocenters. The standard InChI is InChI=1S/C19H25N3O3/c1-24-16-9-14-5-8-22(11-15(14)10-17(16)25-2)12-18(23)21-19(13-20)6-3-4-7-19/h9-10H,3-8,11-12H2,1-2H3,(H,21,23). The summed E-state index contributed by atoms with van der Waals surface area (Å²) in [4.78, 5) is 14.5. The van der Waals surface area contributed by atoms with Gasteiger partial charge in [-0.1, -0.05) is 0 Å². The lowest BCUT2D eigenvalue weighted by molar-refractivity contribution is -0.123. The van der Waals surface area contributed by atoms with Crippen molar-refractivity contribution >= 4 is 5.91 Å². The van der Waals surface area contributed by atoms with E-state index in [4.69, 9.17) is 9.47 Å². The van der Waals surface area contributed by atoms with Gasteiger partial charge < -0.3 is 14.8 Å². The van der Waals surface area contributed by atoms with Crippen molar-refractivity contribution in [2.75, 3.05) is 27.3 Å². The smallest absolute Gasteiger partial charge is 0.235 e. The highest BCUT2D eigenvalue weighted by Gasteiger charge is 2.35. The molecule has 0 aromatic heterocycles. The molecule has 0 bridgehead atoms. The lowest BCUT2D eigenvalue weighted by Crippen LogP contribution is -2.49. The van der Waals surface area contributed by atoms with E-state index in [-0.39, 0.29) is 5.91 Å². The Morgan fingerprint density at radius 3 is 2.48 bits per heavy atom. The molecule has 134 valence electrons. The van der Waals surface area contributed by atoms with Gasteiger partial charge in [0.15, 0.2) is 11.5 Å². The third-order valence-corrected chi connectivity index (χ3v) is 5.21. The van der Waals surface area contributed by atoms with E-state index in [0.717, 1.165) is 50.0 Å². The third kappa shape index (κ3) is 3.72. The van der Waals surface area contributed by atoms with Crippen LogP contribution in [0.3, 0.4) is 0 Å². The van der Waals surface area contributed by atoms with Crippen molar-refractivity contribution in [1.82, 2.24) is 10.2 Å². The predicted molar refractivity (Wildman–Crippen MR) is 93.5 cm³/mol. The molecule has 0 unspecified atom stereocenters. The Balaban J connectivity index is 1.65. The highest BCUT2D eigenvalue weighted by atomic mass is 16.5. The van der Waals surface area contributed by atoms with Crippen LogP contribution in [0.5, 0.6) is 11.5 Å². The Hall–Kier alpha value is -2.26. The quantitative estimate of drug-likeness (QED) is 0.885. The molecule has 0 radical (unpaired) electrons. The van der Waals surface area contributed by atoms with Gasteiger partial charge in [-0.05, 0) is 55.4 Å². The van der Waals surface area contributed by atoms with E-state index >= 15 is 0 Å². The molecule has 1 aliphatic heterocycles. The maximum Gasteiger partial charge on any atom is 0.235 e. The first kappa shape index (κ1) is 17.6. The van der Waals surface area contributed by atoms with Crippen molar-refractivity contribution in [3.63, 3.8) is 0 Å². The summed E-state index contributed by atoms with van der Waals surface area (Å²) < 4.78 is 10.7. The Morgan fingerprint density at radius 1 is 1.24 bits per heavy atom. The monoisotopic (exact) mass is 343 g/mol. The molecule has 0 saturated heterocycles. The summed E-state index contributed by atoms with van der Waals surface area (Å²) in [6, 6.07) is 6.32. The summed E-state index contributed by atoms with van der Waals surface area (Å²) >= 11 is 0. The zero-order valence-electron chi connectivity index (χ0n) is 14.9. The van der Waals surface area contributed by atoms with Crippen molar-refractivity contribution in [3.8, 4) is 17.6 Å². The minimum atomic E-state index is -0.651. The van der Waals surface area contributed by atoms with Crippen molar-refractivity contribution < 1.29 is 14.3 Å². The largest absolute Gasteiger partial charge is 0.493 e. The second kappa shape index (κ2) is 7.32. The number of ether oxygens (including phenoxy) is 2. The Morgan fingerprint density at radius 2 is 1.88 bits per heavy atom. The van der Waals surface area contributed by atoms with Crippen LogP contribution in [0.15, 0.2) is 12.1 Å². The zero-order chi connectivity index (χ0) is 17.9. The lowest BCUT2D eigenvalue weighted by atomic mass is 9.98. The van der Waals surface area contributed by atoms with Crippen molar-refractivity contribution in [3.05, 3.63) is 23.3 Å². The van der Waals surface area contributed by atoms with Crippen LogP contribution in [0.1, 0.15) is 36.8 Å². The van der Waals surface area contributed by atoms with E-state index < -0.39 is 5.54 Å². The third-order valence-electron chi connectivity index (χ3n) is 5.21. The number of nitrogens with one attached hydrogen (secondary N) is 1. The van der Waals surface area contributed by atoms with Gasteiger partial charge in [0.05, 0.1) is 26.8 Å². The molecule has 1 amide bonds. The zero-order valence-corrected chi connectivity index (χ0v) is 14.9. The van der Waals surface area contributed by atoms with Crippen LogP contribution in [0.2, 0.25) is 0 Å². The predicted octanol–water partition coefficient (Wildman–Crippen LogP) is 2.01. The molecule has 1 heterocycles. The number of rotatable bonds is 5. The van der Waals surface area contributed by atoms with E-state index in [9.17, 15) is 10.1 Å². The van der Waals surface area contributed by atoms with Crippen LogP contribution < -0.4 is 14.8 Å². The first-order valence-electron chi connectivity index (χ1n) is 8.77. The van der Waals surface area contributed by atoms with Gasteiger partial charge in [-0.25, -0.2) is 0 Å². The molecule has 1 aromatic carbocycles. The molecule has 6 nitrogen and oxygen atoms in total. The molecule has 2 aliphatic rings. The molecule has 1 N–H and O–H groups in total. The Bertz CT molecular complexity index is 690. The van der Waals surface area contributed by atoms with E-state index in [1.807, 2.05) is 12.1 Å². The number of amides is 1. The maximum atomic E-state index is 12.4. The number of benzene rings is 1. The Kier molecular flexibility index (Phi) is 5.14. The number of fused-ring (bicyclic) bond motifs is 1. The number of nitriles is 1. The molecule has 1 saturated carbocycles. The summed E-state index contributed by atoms with van der Waals surface area (Å²) in [6.45, 7) is 1.83. The minimum Gasteiger partial charge on any atom is -0.493 e. The molecule has 0 spiro atoms. The molecule has 1 aliphatic carbocycles. The molecule has 3 rings (SSSR count). The van der Waals surface area contributed by atoms with E-state index in [0.29, 0.717) is 18.8 Å². The number of hydrogen-bond donors (Lipinski definition) is 1. The highest BCUT2D eigenvalue weighted by molar-refractivity contribution is 5.79. The van der Waals surface area contributed by atoms with Crippen LogP contribution >= 0.6 is 0 Å². The van der Waals surface area contributed by atoms with Crippen LogP contribution in [-0.4, -0.2) is 43.7 Å². The van der Waals surface area contributed by atoms with Crippen molar-refractivity contribution in [1.29, 1.82) is 5.26 Å². The van der Waals surface area contributed by atoms with Crippen LogP contribution in [-0.2, 0) is 17.8 Å². The number of hydrogen-bond acceptors (Lipinski definition) is 5. The molecule has 25 heavy (non-hydrogen) atoms. The molecule has 6 heteroatoms. The number of carbonyl (C=O) groups is 1. The molecule has 1 fully saturated rings. The molecular weight excluding hydrogens is 318 g/mol. The SMILES string of the molecule is COc1cc2c(cc1OC)CN(CC(=O)NC1(C#N)CCCC1)CC2. The van der Waals surface area contributed by atoms with Gasteiger partial charge in [0.25, 0.3) is 0 Å². The van der Waals surface area contributed by atoms with Gasteiger partial charge in [0, 0.05) is 13.1 Å². The second-order valence-electron chi connectivity index (χ2n) is 6.89. The van der Waals surface area contributed by atoms with Crippen LogP contribution in [0.25, 0.3) is 0 Å². The number of methoxy groups -OCH3 is 2. The van der Waals surface area contributed by atoms with Crippen LogP contribution in [0.4, 0.5) is 0 Å². The molecular formula is C19H25N3O3. The lowest BCUT2D eigenvalue weighted by Gasteiger charge is -2.30. The second-order valence-corrected chi connectivity index (χ2v) is 6.89. The topological polar surface area (TPSA) is 74.6 Å². The van der Waals surface area contributed by atoms with Gasteiger partial charge in [0.2, 0.25) is 5.91 Å². The molecule has 1 aromatic rings. The number of nitrogens with zero attached hydrogens (tertiary/aromatic N) is 2. The Labute approximate surface area is 148 Å². The first-order chi connectivity index (χ1) is 12.1. The summed E-state index contributed by atoms with van der Waals surface area (Å²) in [5.74, 6) is 1.39. The van der Waals surface area contributed by atoms with Gasteiger partial charge in [0.1, 0.15) is 5.54 Å². The fraction of sp³-hybridized carbons (Fsp3) is 0.579. The van der Waals surface area contributed by atoms with E-state index in [1.54, 1.807) is 14.2 Å². The fourth-order valence-corrected chi connectivity index (χ4v) is 3.83. The number of carbonyl (C=O) groups excluding carboxylic acids is 1. The summed E-state index contributed by atoms with van der Waals surface area (Å²) in [6.07, 6.45) is 4.40. The van der Waals surface area contributed by atoms with Gasteiger partial charge in [-0.3, -0.25) is 9.69 Å².